The van der Waals surface area contributed by atoms with Gasteiger partial charge in [-0.25, -0.2) is 0 Å². The molecule has 2 rings (SSSR count). The van der Waals surface area contributed by atoms with E-state index in [0.717, 1.165) is 24.0 Å². The number of unbranched alkanes of at least 4 members (excludes halogenated alkanes) is 1. The van der Waals surface area contributed by atoms with E-state index < -0.39 is 16.9 Å². The van der Waals surface area contributed by atoms with Crippen molar-refractivity contribution in [2.75, 3.05) is 6.61 Å². The zero-order valence-corrected chi connectivity index (χ0v) is 17.0. The van der Waals surface area contributed by atoms with Crippen molar-refractivity contribution in [1.82, 2.24) is 0 Å². The first-order valence-corrected chi connectivity index (χ1v) is 10.0. The Morgan fingerprint density at radius 2 is 1.96 bits per heavy atom. The van der Waals surface area contributed by atoms with Gasteiger partial charge in [-0.2, -0.15) is 0 Å². The first-order valence-electron chi connectivity index (χ1n) is 9.64. The third kappa shape index (κ3) is 5.56. The fraction of sp³-hybridized carbons (Fsp3) is 0.591. The molecule has 0 heterocycles. The molecule has 0 bridgehead atoms. The number of aliphatic hydroxyl groups excluding tert-OH is 2. The normalized spacial score (nSPS) is 26.0. The van der Waals surface area contributed by atoms with Crippen molar-refractivity contribution in [1.29, 1.82) is 0 Å². The number of hydrogen-bond donors (Lipinski definition) is 3. The van der Waals surface area contributed by atoms with Crippen LogP contribution in [0, 0.1) is 5.92 Å². The predicted molar refractivity (Wildman–Crippen MR) is 108 cm³/mol. The van der Waals surface area contributed by atoms with Crippen LogP contribution in [0.1, 0.15) is 63.5 Å². The Balaban J connectivity index is 2.06. The lowest BCUT2D eigenvalue weighted by Crippen LogP contribution is -2.25. The summed E-state index contributed by atoms with van der Waals surface area (Å²) < 4.78 is 0. The van der Waals surface area contributed by atoms with Crippen LogP contribution >= 0.6 is 11.6 Å². The number of aliphatic hydroxyl groups is 2. The second-order valence-electron chi connectivity index (χ2n) is 8.27. The molecule has 1 saturated carbocycles. The Bertz CT molecular complexity index is 653. The molecule has 0 aromatic heterocycles. The smallest absolute Gasteiger partial charge is 0.303 e. The molecule has 150 valence electrons. The molecule has 5 heteroatoms. The molecule has 3 atom stereocenters. The molecule has 3 N–H and O–H groups in total. The molecular formula is C22H31ClO4. The number of allylic oxidation sites excluding steroid dienone is 2. The maximum Gasteiger partial charge on any atom is 0.303 e. The van der Waals surface area contributed by atoms with Gasteiger partial charge in [0, 0.05) is 11.8 Å². The maximum atomic E-state index is 10.5. The Morgan fingerprint density at radius 3 is 2.56 bits per heavy atom. The molecule has 1 aliphatic carbocycles. The minimum absolute atomic E-state index is 0.0758. The van der Waals surface area contributed by atoms with E-state index in [4.69, 9.17) is 16.7 Å². The van der Waals surface area contributed by atoms with E-state index in [2.05, 4.69) is 6.08 Å². The standard InChI is InChI=1S/C22H31ClO4/c1-21(2,15-24)16-9-11-17(12-10-16)22(23)14-19(25)13-18(22)7-5-3-4-6-8-20(26)27/h3,5,9-12,18-19,24-25H,4,6-8,13-15H2,1-2H3,(H,26,27)/b5-3-/t18-,19-,22+/m1/s1. The number of aliphatic carboxylic acids is 1. The van der Waals surface area contributed by atoms with Gasteiger partial charge in [0.05, 0.1) is 17.6 Å². The van der Waals surface area contributed by atoms with Crippen molar-refractivity contribution >= 4 is 17.6 Å². The zero-order valence-electron chi connectivity index (χ0n) is 16.2. The van der Waals surface area contributed by atoms with Crippen LogP contribution in [0.5, 0.6) is 0 Å². The lowest BCUT2D eigenvalue weighted by molar-refractivity contribution is -0.137. The van der Waals surface area contributed by atoms with Gasteiger partial charge in [0.1, 0.15) is 0 Å². The average Bonchev–Trinajstić information content (AvgIpc) is 2.92. The summed E-state index contributed by atoms with van der Waals surface area (Å²) in [4.78, 5) is 9.94. The number of rotatable bonds is 9. The number of carbonyl (C=O) groups is 1. The highest BCUT2D eigenvalue weighted by Crippen LogP contribution is 2.51. The zero-order chi connectivity index (χ0) is 20.1. The van der Waals surface area contributed by atoms with Crippen molar-refractivity contribution in [3.63, 3.8) is 0 Å². The van der Waals surface area contributed by atoms with Gasteiger partial charge in [-0.1, -0.05) is 50.3 Å². The summed E-state index contributed by atoms with van der Waals surface area (Å²) in [5, 5.41) is 28.4. The molecule has 0 aliphatic heterocycles. The van der Waals surface area contributed by atoms with Crippen LogP contribution in [0.4, 0.5) is 0 Å². The molecule has 0 saturated heterocycles. The third-order valence-corrected chi connectivity index (χ3v) is 6.31. The molecule has 4 nitrogen and oxygen atoms in total. The van der Waals surface area contributed by atoms with Crippen molar-refractivity contribution in [3.8, 4) is 0 Å². The lowest BCUT2D eigenvalue weighted by Gasteiger charge is -2.30. The first-order chi connectivity index (χ1) is 12.7. The predicted octanol–water partition coefficient (Wildman–Crippen LogP) is 4.36. The minimum Gasteiger partial charge on any atom is -0.481 e. The largest absolute Gasteiger partial charge is 0.481 e. The number of carboxylic acids is 1. The van der Waals surface area contributed by atoms with Crippen molar-refractivity contribution in [3.05, 3.63) is 47.5 Å². The van der Waals surface area contributed by atoms with E-state index in [1.807, 2.05) is 44.2 Å². The third-order valence-electron chi connectivity index (χ3n) is 5.63. The second-order valence-corrected chi connectivity index (χ2v) is 8.94. The summed E-state index contributed by atoms with van der Waals surface area (Å²) in [5.41, 5.74) is 1.76. The van der Waals surface area contributed by atoms with E-state index in [1.165, 1.54) is 0 Å². The van der Waals surface area contributed by atoms with Gasteiger partial charge in [0.15, 0.2) is 0 Å². The number of hydrogen-bond acceptors (Lipinski definition) is 3. The Hall–Kier alpha value is -1.36. The molecule has 1 aromatic rings. The molecule has 0 amide bonds. The second kappa shape index (κ2) is 9.22. The van der Waals surface area contributed by atoms with E-state index in [-0.39, 0.29) is 24.4 Å². The van der Waals surface area contributed by atoms with Crippen LogP contribution in [0.25, 0.3) is 0 Å². The van der Waals surface area contributed by atoms with Gasteiger partial charge in [-0.05, 0) is 49.1 Å². The monoisotopic (exact) mass is 394 g/mol. The fourth-order valence-electron chi connectivity index (χ4n) is 3.78. The highest BCUT2D eigenvalue weighted by atomic mass is 35.5. The maximum absolute atomic E-state index is 10.5. The molecular weight excluding hydrogens is 364 g/mol. The summed E-state index contributed by atoms with van der Waals surface area (Å²) in [7, 11) is 0. The number of benzene rings is 1. The van der Waals surface area contributed by atoms with Gasteiger partial charge >= 0.3 is 5.97 Å². The van der Waals surface area contributed by atoms with E-state index >= 15 is 0 Å². The van der Waals surface area contributed by atoms with Crippen LogP contribution in [-0.2, 0) is 15.1 Å². The summed E-state index contributed by atoms with van der Waals surface area (Å²) in [6, 6.07) is 8.06. The summed E-state index contributed by atoms with van der Waals surface area (Å²) in [6.07, 6.45) is 7.15. The van der Waals surface area contributed by atoms with E-state index in [1.54, 1.807) is 0 Å². The van der Waals surface area contributed by atoms with Gasteiger partial charge in [0.2, 0.25) is 0 Å². The Morgan fingerprint density at radius 1 is 1.30 bits per heavy atom. The molecule has 1 fully saturated rings. The van der Waals surface area contributed by atoms with Crippen molar-refractivity contribution in [2.24, 2.45) is 5.92 Å². The van der Waals surface area contributed by atoms with Crippen molar-refractivity contribution in [2.45, 2.75) is 68.8 Å². The fourth-order valence-corrected chi connectivity index (χ4v) is 4.27. The minimum atomic E-state index is -0.769. The Kier molecular flexibility index (Phi) is 7.49. The Labute approximate surface area is 166 Å². The van der Waals surface area contributed by atoms with Crippen LogP contribution < -0.4 is 0 Å². The first kappa shape index (κ1) is 21.9. The quantitative estimate of drug-likeness (QED) is 0.330. The molecule has 0 spiro atoms. The van der Waals surface area contributed by atoms with E-state index in [9.17, 15) is 15.0 Å². The molecule has 1 aromatic carbocycles. The van der Waals surface area contributed by atoms with Gasteiger partial charge in [0.25, 0.3) is 0 Å². The molecule has 27 heavy (non-hydrogen) atoms. The van der Waals surface area contributed by atoms with Gasteiger partial charge in [-0.3, -0.25) is 4.79 Å². The molecule has 0 unspecified atom stereocenters. The topological polar surface area (TPSA) is 77.8 Å². The van der Waals surface area contributed by atoms with Crippen LogP contribution in [0.3, 0.4) is 0 Å². The molecule has 0 radical (unpaired) electrons. The SMILES string of the molecule is CC(C)(CO)c1ccc([C@@]2(Cl)C[C@H](O)C[C@H]2C/C=C\CCCC(=O)O)cc1. The number of halogens is 1. The van der Waals surface area contributed by atoms with Crippen molar-refractivity contribution < 1.29 is 20.1 Å². The van der Waals surface area contributed by atoms with Gasteiger partial charge in [-0.15, -0.1) is 11.6 Å². The van der Waals surface area contributed by atoms with Crippen LogP contribution in [0.2, 0.25) is 0 Å². The highest BCUT2D eigenvalue weighted by molar-refractivity contribution is 6.24. The summed E-state index contributed by atoms with van der Waals surface area (Å²) in [6.45, 7) is 4.07. The molecule has 1 aliphatic rings. The average molecular weight is 395 g/mol. The van der Waals surface area contributed by atoms with Crippen LogP contribution in [-0.4, -0.2) is 34.0 Å². The summed E-state index contributed by atoms with van der Waals surface area (Å²) >= 11 is 7.02. The highest BCUT2D eigenvalue weighted by Gasteiger charge is 2.46. The van der Waals surface area contributed by atoms with Crippen LogP contribution in [0.15, 0.2) is 36.4 Å². The van der Waals surface area contributed by atoms with E-state index in [0.29, 0.717) is 19.3 Å². The lowest BCUT2D eigenvalue weighted by atomic mass is 9.81. The van der Waals surface area contributed by atoms with Gasteiger partial charge < -0.3 is 15.3 Å². The number of carboxylic acid groups (broad SMARTS) is 1. The number of alkyl halides is 1. The summed E-state index contributed by atoms with van der Waals surface area (Å²) in [5.74, 6) is -0.642.